The van der Waals surface area contributed by atoms with E-state index in [2.05, 4.69) is 0 Å². The Balaban J connectivity index is 1.98. The summed E-state index contributed by atoms with van der Waals surface area (Å²) in [4.78, 5) is 42.7. The lowest BCUT2D eigenvalue weighted by Gasteiger charge is -2.32. The Morgan fingerprint density at radius 2 is 1.64 bits per heavy atom. The average Bonchev–Trinajstić information content (AvgIpc) is 3.07. The minimum Gasteiger partial charge on any atom is -0.466 e. The van der Waals surface area contributed by atoms with Gasteiger partial charge in [-0.3, -0.25) is 14.4 Å². The number of amides is 2. The van der Waals surface area contributed by atoms with E-state index in [1.54, 1.807) is 30.8 Å². The van der Waals surface area contributed by atoms with E-state index in [0.717, 1.165) is 16.9 Å². The van der Waals surface area contributed by atoms with E-state index in [1.165, 1.54) is 0 Å². The van der Waals surface area contributed by atoms with Crippen LogP contribution < -0.4 is 9.80 Å². The van der Waals surface area contributed by atoms with Gasteiger partial charge in [-0.25, -0.2) is 0 Å². The number of esters is 1. The molecule has 0 N–H and O–H groups in total. The van der Waals surface area contributed by atoms with Crippen molar-refractivity contribution >= 4 is 29.2 Å². The van der Waals surface area contributed by atoms with E-state index < -0.39 is 17.3 Å². The zero-order chi connectivity index (χ0) is 20.1. The van der Waals surface area contributed by atoms with Crippen LogP contribution in [0, 0.1) is 0 Å². The Kier molecular flexibility index (Phi) is 4.22. The lowest BCUT2D eigenvalue weighted by atomic mass is 9.66. The van der Waals surface area contributed by atoms with Gasteiger partial charge in [0.25, 0.3) is 0 Å². The van der Waals surface area contributed by atoms with E-state index in [9.17, 15) is 14.4 Å². The van der Waals surface area contributed by atoms with Crippen molar-refractivity contribution in [3.8, 4) is 0 Å². The van der Waals surface area contributed by atoms with Crippen molar-refractivity contribution in [2.24, 2.45) is 0 Å². The number of likely N-dealkylation sites (N-methyl/N-ethyl adjacent to an activating group) is 2. The monoisotopic (exact) mass is 378 g/mol. The highest BCUT2D eigenvalue weighted by molar-refractivity contribution is 6.17. The number of nitrogens with zero attached hydrogens (tertiary/aromatic N) is 2. The third kappa shape index (κ3) is 2.30. The molecule has 0 radical (unpaired) electrons. The van der Waals surface area contributed by atoms with E-state index in [-0.39, 0.29) is 24.8 Å². The van der Waals surface area contributed by atoms with Crippen molar-refractivity contribution < 1.29 is 19.1 Å². The molecule has 28 heavy (non-hydrogen) atoms. The minimum absolute atomic E-state index is 0.181. The SMILES string of the molecule is CCOC(=O)CC1(C2C(=O)N(C)c3ccccc32)C(=O)N(C)c2ccccc21. The van der Waals surface area contributed by atoms with Crippen LogP contribution in [0.2, 0.25) is 0 Å². The van der Waals surface area contributed by atoms with Crippen LogP contribution >= 0.6 is 0 Å². The molecule has 2 atom stereocenters. The Bertz CT molecular complexity index is 986. The zero-order valence-electron chi connectivity index (χ0n) is 16.1. The first kappa shape index (κ1) is 18.2. The quantitative estimate of drug-likeness (QED) is 0.767. The first-order valence-corrected chi connectivity index (χ1v) is 9.33. The fourth-order valence-corrected chi connectivity index (χ4v) is 4.62. The molecular formula is C22H22N2O4. The van der Waals surface area contributed by atoms with Gasteiger partial charge in [0, 0.05) is 25.5 Å². The summed E-state index contributed by atoms with van der Waals surface area (Å²) in [5.74, 6) is -1.72. The fourth-order valence-electron chi connectivity index (χ4n) is 4.62. The predicted molar refractivity (Wildman–Crippen MR) is 105 cm³/mol. The molecule has 144 valence electrons. The zero-order valence-corrected chi connectivity index (χ0v) is 16.1. The summed E-state index contributed by atoms with van der Waals surface area (Å²) >= 11 is 0. The molecule has 2 aliphatic heterocycles. The molecule has 2 amide bonds. The number of fused-ring (bicyclic) bond motifs is 2. The number of ether oxygens (including phenoxy) is 1. The van der Waals surface area contributed by atoms with Crippen molar-refractivity contribution in [3.05, 3.63) is 59.7 Å². The molecule has 0 aliphatic carbocycles. The first-order chi connectivity index (χ1) is 13.4. The topological polar surface area (TPSA) is 66.9 Å². The lowest BCUT2D eigenvalue weighted by Crippen LogP contribution is -2.48. The molecule has 0 aromatic heterocycles. The van der Waals surface area contributed by atoms with Crippen LogP contribution in [0.4, 0.5) is 11.4 Å². The summed E-state index contributed by atoms with van der Waals surface area (Å²) < 4.78 is 5.20. The molecule has 6 heteroatoms. The van der Waals surface area contributed by atoms with Crippen molar-refractivity contribution in [1.82, 2.24) is 0 Å². The molecule has 4 rings (SSSR count). The third-order valence-electron chi connectivity index (χ3n) is 5.84. The minimum atomic E-state index is -1.32. The molecule has 0 spiro atoms. The van der Waals surface area contributed by atoms with Crippen molar-refractivity contribution in [3.63, 3.8) is 0 Å². The summed E-state index contributed by atoms with van der Waals surface area (Å²) in [5.41, 5.74) is 1.61. The van der Waals surface area contributed by atoms with E-state index >= 15 is 0 Å². The average molecular weight is 378 g/mol. The highest BCUT2D eigenvalue weighted by Crippen LogP contribution is 2.55. The third-order valence-corrected chi connectivity index (χ3v) is 5.84. The number of hydrogen-bond donors (Lipinski definition) is 0. The van der Waals surface area contributed by atoms with Crippen LogP contribution in [0.15, 0.2) is 48.5 Å². The number of benzene rings is 2. The molecule has 2 unspecified atom stereocenters. The molecule has 2 aliphatic rings. The fraction of sp³-hybridized carbons (Fsp3) is 0.318. The Morgan fingerprint density at radius 3 is 2.36 bits per heavy atom. The van der Waals surface area contributed by atoms with Crippen LogP contribution in [0.5, 0.6) is 0 Å². The van der Waals surface area contributed by atoms with Gasteiger partial charge in [0.2, 0.25) is 11.8 Å². The van der Waals surface area contributed by atoms with Gasteiger partial charge in [-0.1, -0.05) is 36.4 Å². The van der Waals surface area contributed by atoms with Gasteiger partial charge in [0.15, 0.2) is 0 Å². The summed E-state index contributed by atoms with van der Waals surface area (Å²) in [6.45, 7) is 1.95. The molecule has 0 saturated carbocycles. The van der Waals surface area contributed by atoms with Gasteiger partial charge in [-0.15, -0.1) is 0 Å². The molecule has 6 nitrogen and oxygen atoms in total. The number of carbonyl (C=O) groups is 3. The second-order valence-corrected chi connectivity index (χ2v) is 7.22. The van der Waals surface area contributed by atoms with Gasteiger partial charge >= 0.3 is 5.97 Å². The molecule has 2 aromatic rings. The Morgan fingerprint density at radius 1 is 1.00 bits per heavy atom. The highest BCUT2D eigenvalue weighted by Gasteiger charge is 2.61. The molecule has 0 bridgehead atoms. The number of rotatable bonds is 4. The lowest BCUT2D eigenvalue weighted by molar-refractivity contribution is -0.147. The summed E-state index contributed by atoms with van der Waals surface area (Å²) in [7, 11) is 3.39. The largest absolute Gasteiger partial charge is 0.466 e. The number of para-hydroxylation sites is 2. The van der Waals surface area contributed by atoms with Gasteiger partial charge < -0.3 is 14.5 Å². The maximum atomic E-state index is 13.6. The van der Waals surface area contributed by atoms with Crippen LogP contribution in [-0.2, 0) is 24.5 Å². The van der Waals surface area contributed by atoms with Crippen molar-refractivity contribution in [2.45, 2.75) is 24.7 Å². The van der Waals surface area contributed by atoms with Crippen LogP contribution in [-0.4, -0.2) is 38.5 Å². The summed E-state index contributed by atoms with van der Waals surface area (Å²) in [6, 6.07) is 14.8. The number of hydrogen-bond acceptors (Lipinski definition) is 4. The first-order valence-electron chi connectivity index (χ1n) is 9.33. The van der Waals surface area contributed by atoms with E-state index in [1.807, 2.05) is 48.5 Å². The maximum Gasteiger partial charge on any atom is 0.307 e. The van der Waals surface area contributed by atoms with Crippen molar-refractivity contribution in [1.29, 1.82) is 0 Å². The predicted octanol–water partition coefficient (Wildman–Crippen LogP) is 2.61. The Hall–Kier alpha value is -3.15. The number of carbonyl (C=O) groups excluding carboxylic acids is 3. The number of anilines is 2. The van der Waals surface area contributed by atoms with E-state index in [4.69, 9.17) is 4.74 Å². The highest BCUT2D eigenvalue weighted by atomic mass is 16.5. The standard InChI is InChI=1S/C22H22N2O4/c1-4-28-18(25)13-22(15-10-6-8-12-17(15)24(3)21(22)27)19-14-9-5-7-11-16(14)23(2)20(19)26/h5-12,19H,4,13H2,1-3H3. The molecule has 2 aromatic carbocycles. The smallest absolute Gasteiger partial charge is 0.307 e. The van der Waals surface area contributed by atoms with Crippen molar-refractivity contribution in [2.75, 3.05) is 30.5 Å². The van der Waals surface area contributed by atoms with Gasteiger partial charge in [0.05, 0.1) is 18.9 Å². The second kappa shape index (κ2) is 6.48. The van der Waals surface area contributed by atoms with Gasteiger partial charge in [-0.05, 0) is 30.2 Å². The van der Waals surface area contributed by atoms with Crippen LogP contribution in [0.3, 0.4) is 0 Å². The molecule has 0 saturated heterocycles. The summed E-state index contributed by atoms with van der Waals surface area (Å²) in [5, 5.41) is 0. The Labute approximate surface area is 163 Å². The maximum absolute atomic E-state index is 13.6. The second-order valence-electron chi connectivity index (χ2n) is 7.22. The normalized spacial score (nSPS) is 23.0. The van der Waals surface area contributed by atoms with Crippen LogP contribution in [0.1, 0.15) is 30.4 Å². The summed E-state index contributed by atoms with van der Waals surface area (Å²) in [6.07, 6.45) is -0.181. The van der Waals surface area contributed by atoms with Gasteiger partial charge in [-0.2, -0.15) is 0 Å². The molecule has 0 fully saturated rings. The van der Waals surface area contributed by atoms with Crippen LogP contribution in [0.25, 0.3) is 0 Å². The molecule has 2 heterocycles. The van der Waals surface area contributed by atoms with Gasteiger partial charge in [0.1, 0.15) is 5.41 Å². The van der Waals surface area contributed by atoms with E-state index in [0.29, 0.717) is 5.56 Å². The molecular weight excluding hydrogens is 356 g/mol.